The van der Waals surface area contributed by atoms with E-state index in [0.29, 0.717) is 11.5 Å². The van der Waals surface area contributed by atoms with E-state index in [1.165, 1.54) is 5.56 Å². The van der Waals surface area contributed by atoms with E-state index in [9.17, 15) is 4.79 Å². The maximum Gasteiger partial charge on any atom is 0.150 e. The van der Waals surface area contributed by atoms with E-state index >= 15 is 0 Å². The van der Waals surface area contributed by atoms with Crippen LogP contribution in [-0.2, 0) is 0 Å². The van der Waals surface area contributed by atoms with Crippen LogP contribution in [-0.4, -0.2) is 6.29 Å². The highest BCUT2D eigenvalue weighted by Gasteiger charge is 2.11. The van der Waals surface area contributed by atoms with Crippen molar-refractivity contribution >= 4 is 6.29 Å². The highest BCUT2D eigenvalue weighted by molar-refractivity contribution is 5.76. The number of hydrogen-bond donors (Lipinski definition) is 0. The number of carbonyl (C=O) groups excluding carboxylic acids is 1. The molecule has 0 spiro atoms. The largest absolute Gasteiger partial charge is 0.457 e. The van der Waals surface area contributed by atoms with Crippen LogP contribution < -0.4 is 4.74 Å². The van der Waals surface area contributed by atoms with Crippen molar-refractivity contribution in [3.05, 3.63) is 59.2 Å². The van der Waals surface area contributed by atoms with E-state index in [1.54, 1.807) is 12.1 Å². The molecule has 1 unspecified atom stereocenters. The molecule has 1 atom stereocenters. The molecule has 2 rings (SSSR count). The summed E-state index contributed by atoms with van der Waals surface area (Å²) in [5.74, 6) is 2.05. The van der Waals surface area contributed by atoms with Crippen LogP contribution in [0.25, 0.3) is 0 Å². The van der Waals surface area contributed by atoms with Gasteiger partial charge in [0.2, 0.25) is 0 Å². The van der Waals surface area contributed by atoms with Crippen molar-refractivity contribution in [2.75, 3.05) is 0 Å². The fourth-order valence-electron chi connectivity index (χ4n) is 2.12. The molecular formula is C18H20O2. The van der Waals surface area contributed by atoms with Gasteiger partial charge >= 0.3 is 0 Å². The lowest BCUT2D eigenvalue weighted by Crippen LogP contribution is -1.97. The fraction of sp³-hybridized carbons (Fsp3) is 0.278. The van der Waals surface area contributed by atoms with E-state index in [4.69, 9.17) is 4.74 Å². The summed E-state index contributed by atoms with van der Waals surface area (Å²) in [5, 5.41) is 0. The molecule has 0 aromatic heterocycles. The lowest BCUT2D eigenvalue weighted by atomic mass is 9.98. The Morgan fingerprint density at radius 3 is 2.60 bits per heavy atom. The number of para-hydroxylation sites is 1. The summed E-state index contributed by atoms with van der Waals surface area (Å²) in [7, 11) is 0. The van der Waals surface area contributed by atoms with Crippen LogP contribution in [0.2, 0.25) is 0 Å². The van der Waals surface area contributed by atoms with Crippen molar-refractivity contribution < 1.29 is 9.53 Å². The van der Waals surface area contributed by atoms with E-state index in [1.807, 2.05) is 31.2 Å². The van der Waals surface area contributed by atoms with Crippen LogP contribution in [0.1, 0.15) is 47.7 Å². The Balaban J connectivity index is 2.37. The zero-order valence-corrected chi connectivity index (χ0v) is 12.2. The summed E-state index contributed by atoms with van der Waals surface area (Å²) in [6, 6.07) is 13.6. The molecule has 0 heterocycles. The topological polar surface area (TPSA) is 26.3 Å². The van der Waals surface area contributed by atoms with Crippen LogP contribution >= 0.6 is 0 Å². The van der Waals surface area contributed by atoms with Crippen molar-refractivity contribution in [2.45, 2.75) is 33.1 Å². The fourth-order valence-corrected chi connectivity index (χ4v) is 2.12. The normalized spacial score (nSPS) is 11.9. The second kappa shape index (κ2) is 6.38. The molecule has 0 N–H and O–H groups in total. The van der Waals surface area contributed by atoms with E-state index in [-0.39, 0.29) is 0 Å². The number of aryl methyl sites for hydroxylation is 1. The monoisotopic (exact) mass is 268 g/mol. The molecule has 0 aliphatic heterocycles. The zero-order chi connectivity index (χ0) is 14.5. The van der Waals surface area contributed by atoms with Gasteiger partial charge in [-0.25, -0.2) is 0 Å². The Bertz CT molecular complexity index is 602. The Hall–Kier alpha value is -2.09. The highest BCUT2D eigenvalue weighted by Crippen LogP contribution is 2.33. The standard InChI is InChI=1S/C18H20O2/c1-4-13(2)16-7-5-6-8-17(16)20-18-11-15(12-19)10-9-14(18)3/h5-13H,4H2,1-3H3. The third-order valence-corrected chi connectivity index (χ3v) is 3.63. The minimum Gasteiger partial charge on any atom is -0.457 e. The average molecular weight is 268 g/mol. The SMILES string of the molecule is CCC(C)c1ccccc1Oc1cc(C=O)ccc1C. The van der Waals surface area contributed by atoms with Gasteiger partial charge in [-0.2, -0.15) is 0 Å². The molecule has 20 heavy (non-hydrogen) atoms. The average Bonchev–Trinajstić information content (AvgIpc) is 2.49. The molecule has 0 fully saturated rings. The number of benzene rings is 2. The number of aldehydes is 1. The minimum absolute atomic E-state index is 0.445. The van der Waals surface area contributed by atoms with Gasteiger partial charge in [0.15, 0.2) is 0 Å². The molecule has 0 aliphatic rings. The van der Waals surface area contributed by atoms with Gasteiger partial charge in [0.1, 0.15) is 17.8 Å². The maximum atomic E-state index is 10.9. The molecule has 0 aliphatic carbocycles. The molecular weight excluding hydrogens is 248 g/mol. The summed E-state index contributed by atoms with van der Waals surface area (Å²) in [6.45, 7) is 6.34. The van der Waals surface area contributed by atoms with Gasteiger partial charge in [-0.3, -0.25) is 4.79 Å². The van der Waals surface area contributed by atoms with E-state index < -0.39 is 0 Å². The van der Waals surface area contributed by atoms with Crippen molar-refractivity contribution in [1.29, 1.82) is 0 Å². The number of hydrogen-bond acceptors (Lipinski definition) is 2. The first-order valence-electron chi connectivity index (χ1n) is 6.98. The third kappa shape index (κ3) is 3.08. The molecule has 0 radical (unpaired) electrons. The Morgan fingerprint density at radius 1 is 1.15 bits per heavy atom. The van der Waals surface area contributed by atoms with Crippen LogP contribution in [0, 0.1) is 6.92 Å². The number of carbonyl (C=O) groups is 1. The molecule has 0 saturated heterocycles. The maximum absolute atomic E-state index is 10.9. The van der Waals surface area contributed by atoms with Crippen LogP contribution in [0.15, 0.2) is 42.5 Å². The zero-order valence-electron chi connectivity index (χ0n) is 12.2. The first kappa shape index (κ1) is 14.3. The van der Waals surface area contributed by atoms with Gasteiger partial charge in [0.25, 0.3) is 0 Å². The molecule has 2 aromatic carbocycles. The molecule has 2 heteroatoms. The Kier molecular flexibility index (Phi) is 4.57. The smallest absolute Gasteiger partial charge is 0.150 e. The lowest BCUT2D eigenvalue weighted by Gasteiger charge is -2.16. The van der Waals surface area contributed by atoms with E-state index in [2.05, 4.69) is 19.9 Å². The van der Waals surface area contributed by atoms with E-state index in [0.717, 1.165) is 29.8 Å². The number of ether oxygens (including phenoxy) is 1. The summed E-state index contributed by atoms with van der Waals surface area (Å²) < 4.78 is 6.05. The Labute approximate surface area is 120 Å². The minimum atomic E-state index is 0.445. The van der Waals surface area contributed by atoms with Gasteiger partial charge in [0, 0.05) is 5.56 Å². The second-order valence-electron chi connectivity index (χ2n) is 5.09. The number of rotatable bonds is 5. The van der Waals surface area contributed by atoms with Gasteiger partial charge in [-0.1, -0.05) is 44.2 Å². The quantitative estimate of drug-likeness (QED) is 0.704. The second-order valence-corrected chi connectivity index (χ2v) is 5.09. The van der Waals surface area contributed by atoms with Gasteiger partial charge in [0.05, 0.1) is 0 Å². The van der Waals surface area contributed by atoms with Crippen molar-refractivity contribution in [3.63, 3.8) is 0 Å². The van der Waals surface area contributed by atoms with Crippen LogP contribution in [0.5, 0.6) is 11.5 Å². The summed E-state index contributed by atoms with van der Waals surface area (Å²) in [4.78, 5) is 10.9. The molecule has 104 valence electrons. The summed E-state index contributed by atoms with van der Waals surface area (Å²) in [6.07, 6.45) is 1.90. The predicted octanol–water partition coefficient (Wildman–Crippen LogP) is 5.11. The molecule has 0 saturated carbocycles. The third-order valence-electron chi connectivity index (χ3n) is 3.63. The van der Waals surface area contributed by atoms with Crippen LogP contribution in [0.3, 0.4) is 0 Å². The first-order chi connectivity index (χ1) is 9.65. The lowest BCUT2D eigenvalue weighted by molar-refractivity contribution is 0.112. The van der Waals surface area contributed by atoms with Gasteiger partial charge < -0.3 is 4.74 Å². The van der Waals surface area contributed by atoms with Gasteiger partial charge in [-0.15, -0.1) is 0 Å². The predicted molar refractivity (Wildman–Crippen MR) is 81.8 cm³/mol. The molecule has 0 bridgehead atoms. The van der Waals surface area contributed by atoms with Crippen molar-refractivity contribution in [2.24, 2.45) is 0 Å². The van der Waals surface area contributed by atoms with Crippen molar-refractivity contribution in [3.8, 4) is 11.5 Å². The molecule has 2 nitrogen and oxygen atoms in total. The van der Waals surface area contributed by atoms with Crippen molar-refractivity contribution in [1.82, 2.24) is 0 Å². The highest BCUT2D eigenvalue weighted by atomic mass is 16.5. The molecule has 2 aromatic rings. The summed E-state index contributed by atoms with van der Waals surface area (Å²) >= 11 is 0. The first-order valence-corrected chi connectivity index (χ1v) is 6.98. The molecule has 0 amide bonds. The van der Waals surface area contributed by atoms with Gasteiger partial charge in [-0.05, 0) is 42.5 Å². The Morgan fingerprint density at radius 2 is 1.90 bits per heavy atom. The summed E-state index contributed by atoms with van der Waals surface area (Å²) in [5.41, 5.74) is 2.85. The van der Waals surface area contributed by atoms with Crippen LogP contribution in [0.4, 0.5) is 0 Å².